The molecule has 0 spiro atoms. The van der Waals surface area contributed by atoms with E-state index in [1.807, 2.05) is 6.08 Å². The van der Waals surface area contributed by atoms with Crippen LogP contribution in [0.3, 0.4) is 0 Å². The first kappa shape index (κ1) is 13.7. The maximum Gasteiger partial charge on any atom is 0.330 e. The van der Waals surface area contributed by atoms with Crippen molar-refractivity contribution in [2.24, 2.45) is 0 Å². The second-order valence-corrected chi connectivity index (χ2v) is 3.27. The van der Waals surface area contributed by atoms with Crippen LogP contribution in [0.5, 0.6) is 0 Å². The van der Waals surface area contributed by atoms with Gasteiger partial charge in [0.05, 0.1) is 12.7 Å². The first-order valence-electron chi connectivity index (χ1n) is 5.51. The van der Waals surface area contributed by atoms with Crippen molar-refractivity contribution in [3.63, 3.8) is 0 Å². The molecule has 0 radical (unpaired) electrons. The number of hydrogen-bond donors (Lipinski definition) is 0. The highest BCUT2D eigenvalue weighted by Gasteiger charge is 1.92. The van der Waals surface area contributed by atoms with Crippen LogP contribution in [0.4, 0.5) is 0 Å². The third-order valence-electron chi connectivity index (χ3n) is 1.95. The summed E-state index contributed by atoms with van der Waals surface area (Å²) in [4.78, 5) is 10.9. The number of allylic oxidation sites excluding steroid dienone is 1. The lowest BCUT2D eigenvalue weighted by Crippen LogP contribution is -1.98. The molecule has 3 nitrogen and oxygen atoms in total. The number of esters is 1. The summed E-state index contributed by atoms with van der Waals surface area (Å²) in [6.07, 6.45) is 9.17. The maximum absolute atomic E-state index is 10.9. The Bertz CT molecular complexity index is 228. The molecule has 3 heteroatoms. The van der Waals surface area contributed by atoms with E-state index in [9.17, 15) is 4.79 Å². The number of hydrogen-bond acceptors (Lipinski definition) is 3. The van der Waals surface area contributed by atoms with Crippen molar-refractivity contribution < 1.29 is 9.53 Å². The smallest absolute Gasteiger partial charge is 0.330 e. The topological polar surface area (TPSA) is 50.1 Å². The van der Waals surface area contributed by atoms with Crippen LogP contribution in [0.1, 0.15) is 45.4 Å². The molecule has 0 bridgehead atoms. The monoisotopic (exact) mass is 209 g/mol. The molecule has 0 rings (SSSR count). The van der Waals surface area contributed by atoms with E-state index in [4.69, 9.17) is 10.00 Å². The summed E-state index contributed by atoms with van der Waals surface area (Å²) in [5.41, 5.74) is 0. The van der Waals surface area contributed by atoms with E-state index in [0.29, 0.717) is 13.0 Å². The Labute approximate surface area is 91.7 Å². The lowest BCUT2D eigenvalue weighted by molar-refractivity contribution is -0.137. The minimum absolute atomic E-state index is 0.262. The molecule has 0 atom stereocenters. The van der Waals surface area contributed by atoms with Crippen LogP contribution in [-0.4, -0.2) is 12.6 Å². The van der Waals surface area contributed by atoms with Gasteiger partial charge in [-0.3, -0.25) is 0 Å². The molecule has 0 aliphatic heterocycles. The zero-order chi connectivity index (χ0) is 11.4. The van der Waals surface area contributed by atoms with Gasteiger partial charge in [-0.05, 0) is 26.2 Å². The normalized spacial score (nSPS) is 10.1. The summed E-state index contributed by atoms with van der Waals surface area (Å²) < 4.78 is 4.74. The largest absolute Gasteiger partial charge is 0.463 e. The van der Waals surface area contributed by atoms with Gasteiger partial charge in [-0.25, -0.2) is 4.79 Å². The molecular formula is C12H19NO2. The fraction of sp³-hybridized carbons (Fsp3) is 0.667. The van der Waals surface area contributed by atoms with E-state index < -0.39 is 0 Å². The molecule has 0 heterocycles. The van der Waals surface area contributed by atoms with Crippen molar-refractivity contribution in [2.45, 2.75) is 45.4 Å². The van der Waals surface area contributed by atoms with Crippen molar-refractivity contribution in [3.8, 4) is 6.07 Å². The predicted octanol–water partition coefficient (Wildman–Crippen LogP) is 2.97. The second-order valence-electron chi connectivity index (χ2n) is 3.27. The van der Waals surface area contributed by atoms with E-state index >= 15 is 0 Å². The SMILES string of the molecule is CCOC(=O)/C=C/CCCCCCC#N. The van der Waals surface area contributed by atoms with Gasteiger partial charge in [-0.15, -0.1) is 0 Å². The molecule has 0 aromatic carbocycles. The molecule has 0 saturated heterocycles. The van der Waals surface area contributed by atoms with E-state index in [2.05, 4.69) is 6.07 Å². The van der Waals surface area contributed by atoms with Crippen molar-refractivity contribution in [3.05, 3.63) is 12.2 Å². The lowest BCUT2D eigenvalue weighted by Gasteiger charge is -1.96. The van der Waals surface area contributed by atoms with Crippen LogP contribution in [0, 0.1) is 11.3 Å². The van der Waals surface area contributed by atoms with E-state index in [0.717, 1.165) is 32.1 Å². The molecule has 0 N–H and O–H groups in total. The average molecular weight is 209 g/mol. The quantitative estimate of drug-likeness (QED) is 0.351. The highest BCUT2D eigenvalue weighted by atomic mass is 16.5. The first-order valence-corrected chi connectivity index (χ1v) is 5.51. The van der Waals surface area contributed by atoms with Crippen molar-refractivity contribution in [2.75, 3.05) is 6.61 Å². The van der Waals surface area contributed by atoms with Gasteiger partial charge in [-0.1, -0.05) is 18.9 Å². The van der Waals surface area contributed by atoms with E-state index in [1.165, 1.54) is 6.08 Å². The summed E-state index contributed by atoms with van der Waals surface area (Å²) >= 11 is 0. The van der Waals surface area contributed by atoms with E-state index in [-0.39, 0.29) is 5.97 Å². The summed E-state index contributed by atoms with van der Waals surface area (Å²) in [7, 11) is 0. The molecular weight excluding hydrogens is 190 g/mol. The zero-order valence-electron chi connectivity index (χ0n) is 9.37. The molecule has 0 unspecified atom stereocenters. The molecule has 0 aliphatic rings. The summed E-state index contributed by atoms with van der Waals surface area (Å²) in [6, 6.07) is 2.12. The fourth-order valence-corrected chi connectivity index (χ4v) is 1.19. The van der Waals surface area contributed by atoms with Gasteiger partial charge in [0.25, 0.3) is 0 Å². The van der Waals surface area contributed by atoms with Crippen LogP contribution in [0.15, 0.2) is 12.2 Å². The molecule has 84 valence electrons. The number of ether oxygens (including phenoxy) is 1. The van der Waals surface area contributed by atoms with Gasteiger partial charge < -0.3 is 4.74 Å². The third kappa shape index (κ3) is 10.6. The lowest BCUT2D eigenvalue weighted by atomic mass is 10.1. The number of nitriles is 1. The van der Waals surface area contributed by atoms with Crippen LogP contribution >= 0.6 is 0 Å². The Balaban J connectivity index is 3.23. The Kier molecular flexibility index (Phi) is 9.84. The van der Waals surface area contributed by atoms with Crippen molar-refractivity contribution in [1.82, 2.24) is 0 Å². The van der Waals surface area contributed by atoms with Gasteiger partial charge in [0.2, 0.25) is 0 Å². The number of rotatable bonds is 8. The van der Waals surface area contributed by atoms with Crippen molar-refractivity contribution >= 4 is 5.97 Å². The highest BCUT2D eigenvalue weighted by Crippen LogP contribution is 2.05. The van der Waals surface area contributed by atoms with Gasteiger partial charge in [-0.2, -0.15) is 5.26 Å². The number of nitrogens with zero attached hydrogens (tertiary/aromatic N) is 1. The van der Waals surface area contributed by atoms with Crippen LogP contribution in [-0.2, 0) is 9.53 Å². The minimum atomic E-state index is -0.262. The van der Waals surface area contributed by atoms with Gasteiger partial charge in [0.15, 0.2) is 0 Å². The highest BCUT2D eigenvalue weighted by molar-refractivity contribution is 5.81. The molecule has 0 fully saturated rings. The van der Waals surface area contributed by atoms with Gasteiger partial charge in [0, 0.05) is 12.5 Å². The summed E-state index contributed by atoms with van der Waals surface area (Å²) in [5.74, 6) is -0.262. The van der Waals surface area contributed by atoms with E-state index in [1.54, 1.807) is 6.92 Å². The first-order chi connectivity index (χ1) is 7.31. The van der Waals surface area contributed by atoms with Crippen LogP contribution < -0.4 is 0 Å². The summed E-state index contributed by atoms with van der Waals surface area (Å²) in [6.45, 7) is 2.22. The molecule has 0 aromatic rings. The average Bonchev–Trinajstić information content (AvgIpc) is 2.22. The zero-order valence-corrected chi connectivity index (χ0v) is 9.37. The molecule has 0 amide bonds. The molecule has 0 aliphatic carbocycles. The summed E-state index contributed by atoms with van der Waals surface area (Å²) in [5, 5.41) is 8.31. The van der Waals surface area contributed by atoms with Crippen LogP contribution in [0.25, 0.3) is 0 Å². The number of carbonyl (C=O) groups excluding carboxylic acids is 1. The van der Waals surface area contributed by atoms with Crippen molar-refractivity contribution in [1.29, 1.82) is 5.26 Å². The Morgan fingerprint density at radius 2 is 2.07 bits per heavy atom. The Morgan fingerprint density at radius 3 is 2.73 bits per heavy atom. The second kappa shape index (κ2) is 10.8. The van der Waals surface area contributed by atoms with Gasteiger partial charge >= 0.3 is 5.97 Å². The molecule has 15 heavy (non-hydrogen) atoms. The minimum Gasteiger partial charge on any atom is -0.463 e. The number of carbonyl (C=O) groups is 1. The fourth-order valence-electron chi connectivity index (χ4n) is 1.19. The molecule has 0 aromatic heterocycles. The standard InChI is InChI=1S/C12H19NO2/c1-2-15-12(14)10-8-6-4-3-5-7-9-11-13/h8,10H,2-7,9H2,1H3/b10-8+. The van der Waals surface area contributed by atoms with Crippen LogP contribution in [0.2, 0.25) is 0 Å². The Hall–Kier alpha value is -1.30. The maximum atomic E-state index is 10.9. The molecule has 0 saturated carbocycles. The van der Waals surface area contributed by atoms with Gasteiger partial charge in [0.1, 0.15) is 0 Å². The predicted molar refractivity (Wildman–Crippen MR) is 59.1 cm³/mol. The third-order valence-corrected chi connectivity index (χ3v) is 1.95. The Morgan fingerprint density at radius 1 is 1.33 bits per heavy atom. The number of unbranched alkanes of at least 4 members (excludes halogenated alkanes) is 5.